The molecular weight excluding hydrogens is 632 g/mol. The summed E-state index contributed by atoms with van der Waals surface area (Å²) in [5.41, 5.74) is 7.08. The van der Waals surface area contributed by atoms with Gasteiger partial charge in [-0.3, -0.25) is 19.8 Å². The molecule has 0 aromatic heterocycles. The number of phenols is 2. The Morgan fingerprint density at radius 2 is 1.61 bits per heavy atom. The Labute approximate surface area is 285 Å². The lowest BCUT2D eigenvalue weighted by molar-refractivity contribution is -0.146. The summed E-state index contributed by atoms with van der Waals surface area (Å²) in [6.07, 6.45) is 0.256. The normalized spacial score (nSPS) is 26.3. The number of aliphatic hydroxyl groups is 2. The van der Waals surface area contributed by atoms with E-state index in [2.05, 4.69) is 10.6 Å². The van der Waals surface area contributed by atoms with Crippen LogP contribution in [-0.4, -0.2) is 110 Å². The van der Waals surface area contributed by atoms with Crippen molar-refractivity contribution in [2.45, 2.75) is 101 Å². The van der Waals surface area contributed by atoms with Crippen molar-refractivity contribution in [1.82, 2.24) is 20.4 Å². The molecule has 0 unspecified atom stereocenters. The average Bonchev–Trinajstić information content (AvgIpc) is 3.45. The number of carbonyl (C=O) groups is 3. The van der Waals surface area contributed by atoms with Gasteiger partial charge in [0, 0.05) is 32.0 Å². The van der Waals surface area contributed by atoms with Crippen molar-refractivity contribution >= 4 is 23.7 Å². The van der Waals surface area contributed by atoms with Crippen molar-refractivity contribution in [3.05, 3.63) is 59.7 Å². The van der Waals surface area contributed by atoms with Crippen LogP contribution in [-0.2, 0) is 32.0 Å². The van der Waals surface area contributed by atoms with Crippen molar-refractivity contribution in [1.29, 1.82) is 5.41 Å². The standard InChI is InChI=1S/C35H48N6O8/c1-2-49-34-26(4-3-15-40(34)35(36)37)38-31(46)29-18-22-9-14-25(44)19-28(22)41(29)33(48)27(16-20-5-10-23(42)11-6-20)39-32(47)30(45)17-21-7-12-24(43)13-8-21/h5-8,10-13,22,25-30,34,42-45H,2-4,9,14-19H2,1H3,(H3,36,37)(H,38,46)(H,39,47)/t22-,25-,26-,27+,28-,29+,30+,34+/m0/s1. The Hall–Kier alpha value is -4.40. The summed E-state index contributed by atoms with van der Waals surface area (Å²) in [6, 6.07) is 9.27. The van der Waals surface area contributed by atoms with Crippen LogP contribution in [0.25, 0.3) is 0 Å². The van der Waals surface area contributed by atoms with E-state index in [1.807, 2.05) is 6.92 Å². The average molecular weight is 681 g/mol. The van der Waals surface area contributed by atoms with Crippen LogP contribution < -0.4 is 16.4 Å². The maximum atomic E-state index is 14.7. The second-order valence-corrected chi connectivity index (χ2v) is 13.3. The van der Waals surface area contributed by atoms with E-state index in [1.165, 1.54) is 29.2 Å². The molecule has 3 amide bonds. The van der Waals surface area contributed by atoms with Crippen molar-refractivity contribution in [3.8, 4) is 11.5 Å². The van der Waals surface area contributed by atoms with Crippen LogP contribution in [0.3, 0.4) is 0 Å². The second kappa shape index (κ2) is 15.9. The van der Waals surface area contributed by atoms with Gasteiger partial charge in [-0.2, -0.15) is 0 Å². The Balaban J connectivity index is 1.41. The van der Waals surface area contributed by atoms with E-state index >= 15 is 0 Å². The first kappa shape index (κ1) is 35.9. The third-order valence-corrected chi connectivity index (χ3v) is 9.90. The van der Waals surface area contributed by atoms with E-state index < -0.39 is 54.4 Å². The van der Waals surface area contributed by atoms with Crippen LogP contribution in [0.4, 0.5) is 0 Å². The highest BCUT2D eigenvalue weighted by atomic mass is 16.5. The summed E-state index contributed by atoms with van der Waals surface area (Å²) >= 11 is 0. The molecule has 14 heteroatoms. The Morgan fingerprint density at radius 1 is 0.980 bits per heavy atom. The first-order chi connectivity index (χ1) is 23.4. The zero-order valence-electron chi connectivity index (χ0n) is 27.7. The Kier molecular flexibility index (Phi) is 11.6. The van der Waals surface area contributed by atoms with E-state index in [4.69, 9.17) is 15.9 Å². The van der Waals surface area contributed by atoms with Gasteiger partial charge >= 0.3 is 0 Å². The number of carbonyl (C=O) groups excluding carboxylic acids is 3. The topological polar surface area (TPSA) is 222 Å². The highest BCUT2D eigenvalue weighted by molar-refractivity contribution is 5.94. The number of nitrogens with one attached hydrogen (secondary N) is 3. The lowest BCUT2D eigenvalue weighted by Gasteiger charge is -2.42. The first-order valence-corrected chi connectivity index (χ1v) is 17.0. The molecule has 9 N–H and O–H groups in total. The van der Waals surface area contributed by atoms with Gasteiger partial charge in [0.25, 0.3) is 0 Å². The van der Waals surface area contributed by atoms with Gasteiger partial charge in [-0.15, -0.1) is 0 Å². The number of fused-ring (bicyclic) bond motifs is 1. The molecule has 8 atom stereocenters. The third-order valence-electron chi connectivity index (χ3n) is 9.90. The number of guanidine groups is 1. The zero-order chi connectivity index (χ0) is 35.2. The fraction of sp³-hybridized carbons (Fsp3) is 0.543. The number of hydrogen-bond donors (Lipinski definition) is 8. The fourth-order valence-electron chi connectivity index (χ4n) is 7.47. The number of phenolic OH excluding ortho intramolecular Hbond substituents is 2. The number of benzene rings is 2. The lowest BCUT2D eigenvalue weighted by Crippen LogP contribution is -2.62. The fourth-order valence-corrected chi connectivity index (χ4v) is 7.47. The zero-order valence-corrected chi connectivity index (χ0v) is 27.7. The minimum atomic E-state index is -1.51. The number of hydrogen-bond acceptors (Lipinski definition) is 9. The molecule has 14 nitrogen and oxygen atoms in total. The number of nitrogens with two attached hydrogens (primary N) is 1. The summed E-state index contributed by atoms with van der Waals surface area (Å²) in [6.45, 7) is 2.68. The largest absolute Gasteiger partial charge is 0.508 e. The molecule has 1 aliphatic carbocycles. The molecule has 0 bridgehead atoms. The van der Waals surface area contributed by atoms with Crippen LogP contribution in [0.1, 0.15) is 56.6 Å². The minimum absolute atomic E-state index is 0.0180. The van der Waals surface area contributed by atoms with Crippen molar-refractivity contribution in [3.63, 3.8) is 0 Å². The number of aliphatic hydroxyl groups excluding tert-OH is 2. The molecule has 0 radical (unpaired) electrons. The number of aromatic hydroxyl groups is 2. The van der Waals surface area contributed by atoms with Gasteiger partial charge < -0.3 is 51.3 Å². The molecule has 3 aliphatic rings. The van der Waals surface area contributed by atoms with E-state index in [-0.39, 0.29) is 48.5 Å². The molecule has 2 aromatic carbocycles. The van der Waals surface area contributed by atoms with Gasteiger partial charge in [0.05, 0.1) is 12.1 Å². The number of amides is 3. The summed E-state index contributed by atoms with van der Waals surface area (Å²) < 4.78 is 5.92. The molecular formula is C35H48N6O8. The number of likely N-dealkylation sites (tertiary alicyclic amines) is 2. The van der Waals surface area contributed by atoms with Crippen molar-refractivity contribution in [2.24, 2.45) is 11.7 Å². The van der Waals surface area contributed by atoms with E-state index in [9.17, 15) is 34.8 Å². The predicted octanol–water partition coefficient (Wildman–Crippen LogP) is 0.696. The predicted molar refractivity (Wildman–Crippen MR) is 179 cm³/mol. The quantitative estimate of drug-likeness (QED) is 0.123. The summed E-state index contributed by atoms with van der Waals surface area (Å²) in [4.78, 5) is 45.3. The molecule has 5 rings (SSSR count). The third kappa shape index (κ3) is 8.61. The molecule has 3 fully saturated rings. The molecule has 2 aliphatic heterocycles. The second-order valence-electron chi connectivity index (χ2n) is 13.3. The molecule has 266 valence electrons. The highest BCUT2D eigenvalue weighted by Crippen LogP contribution is 2.40. The lowest BCUT2D eigenvalue weighted by atomic mass is 9.83. The van der Waals surface area contributed by atoms with Gasteiger partial charge in [0.15, 0.2) is 12.2 Å². The molecule has 0 spiro atoms. The van der Waals surface area contributed by atoms with E-state index in [0.717, 1.165) is 0 Å². The molecule has 2 heterocycles. The Bertz CT molecular complexity index is 1470. The van der Waals surface area contributed by atoms with Gasteiger partial charge in [-0.25, -0.2) is 0 Å². The summed E-state index contributed by atoms with van der Waals surface area (Å²) in [7, 11) is 0. The van der Waals surface area contributed by atoms with Gasteiger partial charge in [-0.05, 0) is 86.8 Å². The molecule has 2 saturated heterocycles. The highest BCUT2D eigenvalue weighted by Gasteiger charge is 2.51. The van der Waals surface area contributed by atoms with Crippen molar-refractivity contribution in [2.75, 3.05) is 13.2 Å². The molecule has 1 saturated carbocycles. The Morgan fingerprint density at radius 3 is 2.22 bits per heavy atom. The minimum Gasteiger partial charge on any atom is -0.508 e. The van der Waals surface area contributed by atoms with Gasteiger partial charge in [-0.1, -0.05) is 24.3 Å². The maximum Gasteiger partial charge on any atom is 0.249 e. The molecule has 2 aromatic rings. The van der Waals surface area contributed by atoms with Crippen LogP contribution in [0.15, 0.2) is 48.5 Å². The van der Waals surface area contributed by atoms with Crippen molar-refractivity contribution < 1.29 is 39.5 Å². The van der Waals surface area contributed by atoms with E-state index in [0.29, 0.717) is 56.4 Å². The number of ether oxygens (including phenoxy) is 1. The smallest absolute Gasteiger partial charge is 0.249 e. The van der Waals surface area contributed by atoms with Crippen LogP contribution >= 0.6 is 0 Å². The van der Waals surface area contributed by atoms with Gasteiger partial charge in [0.2, 0.25) is 17.7 Å². The summed E-state index contributed by atoms with van der Waals surface area (Å²) in [5.74, 6) is -1.81. The van der Waals surface area contributed by atoms with Crippen LogP contribution in [0.5, 0.6) is 11.5 Å². The van der Waals surface area contributed by atoms with Gasteiger partial charge in [0.1, 0.15) is 29.7 Å². The number of piperidine rings is 1. The first-order valence-electron chi connectivity index (χ1n) is 17.0. The summed E-state index contributed by atoms with van der Waals surface area (Å²) in [5, 5.41) is 54.8. The SMILES string of the molecule is CCO[C@@H]1[C@@H](NC(=O)[C@H]2C[C@@H]3CC[C@H](O)C[C@@H]3N2C(=O)[C@@H](Cc2ccc(O)cc2)NC(=O)[C@H](O)Cc2ccc(O)cc2)CCCN1C(=N)N. The maximum absolute atomic E-state index is 14.7. The number of nitrogens with zero attached hydrogens (tertiary/aromatic N) is 2. The van der Waals surface area contributed by atoms with Crippen LogP contribution in [0, 0.1) is 11.3 Å². The monoisotopic (exact) mass is 680 g/mol. The van der Waals surface area contributed by atoms with E-state index in [1.54, 1.807) is 29.2 Å². The number of rotatable bonds is 11. The van der Waals surface area contributed by atoms with Crippen LogP contribution in [0.2, 0.25) is 0 Å². The molecule has 49 heavy (non-hydrogen) atoms.